The molecule has 160 valence electrons. The zero-order chi connectivity index (χ0) is 19.6. The molecule has 1 aliphatic heterocycles. The van der Waals surface area contributed by atoms with Gasteiger partial charge in [-0.25, -0.2) is 0 Å². The average molecular weight is 382 g/mol. The second kappa shape index (κ2) is 17.5. The number of nitrogens with zero attached hydrogens (tertiary/aromatic N) is 1. The molecule has 0 bridgehead atoms. The van der Waals surface area contributed by atoms with Crippen molar-refractivity contribution in [3.8, 4) is 0 Å². The normalized spacial score (nSPS) is 17.4. The molecule has 1 N–H and O–H groups in total. The number of amides is 1. The lowest BCUT2D eigenvalue weighted by molar-refractivity contribution is -0.136. The molecule has 1 unspecified atom stereocenters. The number of aliphatic hydroxyl groups excluding tert-OH is 1. The van der Waals surface area contributed by atoms with Crippen LogP contribution in [0.5, 0.6) is 0 Å². The van der Waals surface area contributed by atoms with Crippen LogP contribution in [0.3, 0.4) is 0 Å². The summed E-state index contributed by atoms with van der Waals surface area (Å²) in [5.41, 5.74) is 0. The van der Waals surface area contributed by atoms with Crippen LogP contribution in [0.25, 0.3) is 0 Å². The topological polar surface area (TPSA) is 40.5 Å². The minimum Gasteiger partial charge on any atom is -0.394 e. The van der Waals surface area contributed by atoms with Gasteiger partial charge in [0.1, 0.15) is 0 Å². The summed E-state index contributed by atoms with van der Waals surface area (Å²) in [5.74, 6) is 0.267. The Bertz CT molecular complexity index is 345. The maximum absolute atomic E-state index is 12.3. The van der Waals surface area contributed by atoms with E-state index in [0.29, 0.717) is 6.42 Å². The summed E-state index contributed by atoms with van der Waals surface area (Å²) in [6.07, 6.45) is 24.2. The summed E-state index contributed by atoms with van der Waals surface area (Å²) in [5, 5.41) is 9.42. The van der Waals surface area contributed by atoms with Crippen molar-refractivity contribution in [3.05, 3.63) is 0 Å². The third kappa shape index (κ3) is 12.5. The monoisotopic (exact) mass is 381 g/mol. The van der Waals surface area contributed by atoms with Crippen LogP contribution in [0.2, 0.25) is 0 Å². The summed E-state index contributed by atoms with van der Waals surface area (Å²) >= 11 is 0. The maximum Gasteiger partial charge on any atom is 0.222 e. The highest BCUT2D eigenvalue weighted by Gasteiger charge is 2.25. The molecule has 0 aromatic rings. The minimum absolute atomic E-state index is 0.0857. The number of aliphatic hydroxyl groups is 1. The number of piperidine rings is 1. The van der Waals surface area contributed by atoms with Crippen molar-refractivity contribution in [3.63, 3.8) is 0 Å². The van der Waals surface area contributed by atoms with Crippen molar-refractivity contribution in [1.29, 1.82) is 0 Å². The van der Waals surface area contributed by atoms with Crippen LogP contribution >= 0.6 is 0 Å². The van der Waals surface area contributed by atoms with Crippen LogP contribution in [-0.2, 0) is 4.79 Å². The second-order valence-corrected chi connectivity index (χ2v) is 8.62. The Morgan fingerprint density at radius 3 is 1.74 bits per heavy atom. The van der Waals surface area contributed by atoms with Crippen LogP contribution < -0.4 is 0 Å². The molecule has 27 heavy (non-hydrogen) atoms. The van der Waals surface area contributed by atoms with Gasteiger partial charge >= 0.3 is 0 Å². The molecule has 0 saturated carbocycles. The molecule has 0 aliphatic carbocycles. The summed E-state index contributed by atoms with van der Waals surface area (Å²) < 4.78 is 0. The second-order valence-electron chi connectivity index (χ2n) is 8.62. The first kappa shape index (κ1) is 24.5. The van der Waals surface area contributed by atoms with Crippen molar-refractivity contribution in [1.82, 2.24) is 4.90 Å². The number of carbonyl (C=O) groups excluding carboxylic acids is 1. The van der Waals surface area contributed by atoms with Crippen LogP contribution in [0, 0.1) is 0 Å². The van der Waals surface area contributed by atoms with E-state index >= 15 is 0 Å². The maximum atomic E-state index is 12.3. The zero-order valence-corrected chi connectivity index (χ0v) is 18.2. The average Bonchev–Trinajstić information content (AvgIpc) is 2.70. The molecule has 1 amide bonds. The van der Waals surface area contributed by atoms with Gasteiger partial charge in [-0.05, 0) is 25.7 Å². The molecule has 0 aromatic heterocycles. The lowest BCUT2D eigenvalue weighted by atomic mass is 10.0. The SMILES string of the molecule is CCCCCCCCCCCCCCCCCC(=O)N1CCCCC1CO. The van der Waals surface area contributed by atoms with Gasteiger partial charge in [0.25, 0.3) is 0 Å². The molecule has 1 heterocycles. The lowest BCUT2D eigenvalue weighted by Crippen LogP contribution is -2.45. The van der Waals surface area contributed by atoms with Gasteiger partial charge in [0.15, 0.2) is 0 Å². The van der Waals surface area contributed by atoms with Crippen molar-refractivity contribution >= 4 is 5.91 Å². The van der Waals surface area contributed by atoms with Gasteiger partial charge in [0, 0.05) is 13.0 Å². The van der Waals surface area contributed by atoms with E-state index in [2.05, 4.69) is 6.92 Å². The minimum atomic E-state index is 0.0857. The zero-order valence-electron chi connectivity index (χ0n) is 18.2. The fraction of sp³-hybridized carbons (Fsp3) is 0.958. The number of hydrogen-bond donors (Lipinski definition) is 1. The number of unbranched alkanes of at least 4 members (excludes halogenated alkanes) is 14. The van der Waals surface area contributed by atoms with E-state index in [0.717, 1.165) is 32.2 Å². The Morgan fingerprint density at radius 1 is 0.778 bits per heavy atom. The molecule has 0 radical (unpaired) electrons. The number of likely N-dealkylation sites (tertiary alicyclic amines) is 1. The molecular formula is C24H47NO2. The standard InChI is InChI=1S/C24H47NO2/c1-2-3-4-5-6-7-8-9-10-11-12-13-14-15-16-20-24(27)25-21-18-17-19-23(25)22-26/h23,26H,2-22H2,1H3. The largest absolute Gasteiger partial charge is 0.394 e. The molecular weight excluding hydrogens is 334 g/mol. The third-order valence-corrected chi connectivity index (χ3v) is 6.15. The van der Waals surface area contributed by atoms with Gasteiger partial charge in [-0.3, -0.25) is 4.79 Å². The van der Waals surface area contributed by atoms with Gasteiger partial charge in [-0.1, -0.05) is 96.8 Å². The van der Waals surface area contributed by atoms with Crippen LogP contribution in [0.15, 0.2) is 0 Å². The fourth-order valence-electron chi connectivity index (χ4n) is 4.31. The summed E-state index contributed by atoms with van der Waals surface area (Å²) in [4.78, 5) is 14.3. The first-order valence-electron chi connectivity index (χ1n) is 12.2. The lowest BCUT2D eigenvalue weighted by Gasteiger charge is -2.34. The van der Waals surface area contributed by atoms with E-state index < -0.39 is 0 Å². The van der Waals surface area contributed by atoms with E-state index in [-0.39, 0.29) is 18.6 Å². The molecule has 1 fully saturated rings. The van der Waals surface area contributed by atoms with Crippen LogP contribution in [0.4, 0.5) is 0 Å². The fourth-order valence-corrected chi connectivity index (χ4v) is 4.31. The van der Waals surface area contributed by atoms with Gasteiger partial charge in [0.05, 0.1) is 12.6 Å². The predicted octanol–water partition coefficient (Wildman–Crippen LogP) is 6.62. The smallest absolute Gasteiger partial charge is 0.222 e. The Morgan fingerprint density at radius 2 is 1.26 bits per heavy atom. The molecule has 1 rings (SSSR count). The van der Waals surface area contributed by atoms with Crippen molar-refractivity contribution < 1.29 is 9.90 Å². The molecule has 0 spiro atoms. The Hall–Kier alpha value is -0.570. The van der Waals surface area contributed by atoms with Crippen molar-refractivity contribution in [2.24, 2.45) is 0 Å². The first-order valence-corrected chi connectivity index (χ1v) is 12.2. The Labute approximate surface area is 169 Å². The predicted molar refractivity (Wildman–Crippen MR) is 116 cm³/mol. The van der Waals surface area contributed by atoms with Crippen LogP contribution in [-0.4, -0.2) is 35.1 Å². The van der Waals surface area contributed by atoms with E-state index in [1.165, 1.54) is 89.9 Å². The van der Waals surface area contributed by atoms with Gasteiger partial charge in [-0.15, -0.1) is 0 Å². The third-order valence-electron chi connectivity index (χ3n) is 6.15. The summed E-state index contributed by atoms with van der Waals surface area (Å²) in [7, 11) is 0. The van der Waals surface area contributed by atoms with E-state index in [4.69, 9.17) is 0 Å². The highest BCUT2D eigenvalue weighted by atomic mass is 16.3. The highest BCUT2D eigenvalue weighted by molar-refractivity contribution is 5.76. The van der Waals surface area contributed by atoms with Gasteiger partial charge < -0.3 is 10.0 Å². The summed E-state index contributed by atoms with van der Waals surface area (Å²) in [6, 6.07) is 0.0857. The molecule has 3 nitrogen and oxygen atoms in total. The number of hydrogen-bond acceptors (Lipinski definition) is 2. The van der Waals surface area contributed by atoms with Gasteiger partial charge in [0.2, 0.25) is 5.91 Å². The molecule has 1 atom stereocenters. The van der Waals surface area contributed by atoms with E-state index in [1.807, 2.05) is 4.90 Å². The first-order chi connectivity index (χ1) is 13.3. The van der Waals surface area contributed by atoms with E-state index in [9.17, 15) is 9.90 Å². The number of rotatable bonds is 17. The molecule has 0 aromatic carbocycles. The molecule has 1 aliphatic rings. The van der Waals surface area contributed by atoms with Crippen LogP contribution in [0.1, 0.15) is 129 Å². The quantitative estimate of drug-likeness (QED) is 0.288. The molecule has 1 saturated heterocycles. The van der Waals surface area contributed by atoms with E-state index in [1.54, 1.807) is 0 Å². The Balaban J connectivity index is 1.83. The summed E-state index contributed by atoms with van der Waals surface area (Å²) in [6.45, 7) is 3.26. The molecule has 3 heteroatoms. The van der Waals surface area contributed by atoms with Gasteiger partial charge in [-0.2, -0.15) is 0 Å². The number of carbonyl (C=O) groups is 1. The van der Waals surface area contributed by atoms with Crippen molar-refractivity contribution in [2.75, 3.05) is 13.2 Å². The van der Waals surface area contributed by atoms with Crippen molar-refractivity contribution in [2.45, 2.75) is 135 Å². The highest BCUT2D eigenvalue weighted by Crippen LogP contribution is 2.19. The Kier molecular flexibility index (Phi) is 15.9.